The van der Waals surface area contributed by atoms with Crippen molar-refractivity contribution < 1.29 is 28.5 Å². The molecule has 0 aliphatic rings. The lowest BCUT2D eigenvalue weighted by Gasteiger charge is -2.15. The second kappa shape index (κ2) is 15.0. The van der Waals surface area contributed by atoms with Crippen LogP contribution < -0.4 is 29.6 Å². The molecule has 4 rings (SSSR count). The molecule has 8 nitrogen and oxygen atoms in total. The maximum atomic E-state index is 11.3. The quantitative estimate of drug-likeness (QED) is 0.180. The van der Waals surface area contributed by atoms with Gasteiger partial charge in [-0.25, -0.2) is 0 Å². The largest absolute Gasteiger partial charge is 0.496 e. The van der Waals surface area contributed by atoms with Gasteiger partial charge in [0.2, 0.25) is 11.8 Å². The Bertz CT molecular complexity index is 1420. The van der Waals surface area contributed by atoms with E-state index in [-0.39, 0.29) is 11.8 Å². The molecule has 0 aliphatic heterocycles. The Labute approximate surface area is 247 Å². The van der Waals surface area contributed by atoms with E-state index in [0.29, 0.717) is 39.1 Å². The molecule has 0 unspecified atom stereocenters. The van der Waals surface area contributed by atoms with E-state index >= 15 is 0 Å². The van der Waals surface area contributed by atoms with E-state index < -0.39 is 0 Å². The van der Waals surface area contributed by atoms with E-state index in [2.05, 4.69) is 10.6 Å². The number of carbonyl (C=O) groups is 2. The molecule has 0 heterocycles. The average molecular weight is 573 g/mol. The normalized spacial score (nSPS) is 10.9. The fraction of sp³-hybridized carbons (Fsp3) is 0.353. The monoisotopic (exact) mass is 572 g/mol. The van der Waals surface area contributed by atoms with Gasteiger partial charge in [0.1, 0.15) is 23.0 Å². The third-order valence-electron chi connectivity index (χ3n) is 7.14. The Balaban J connectivity index is 1.32. The Morgan fingerprint density at radius 1 is 0.619 bits per heavy atom. The molecule has 0 aliphatic carbocycles. The topological polar surface area (TPSA) is 95.1 Å². The van der Waals surface area contributed by atoms with Gasteiger partial charge in [0, 0.05) is 38.1 Å². The molecular formula is C34H40N2O6. The first-order valence-corrected chi connectivity index (χ1v) is 14.3. The van der Waals surface area contributed by atoms with E-state index in [1.54, 1.807) is 14.2 Å². The Hall–Kier alpha value is -4.46. The summed E-state index contributed by atoms with van der Waals surface area (Å²) in [4.78, 5) is 22.7. The van der Waals surface area contributed by atoms with Gasteiger partial charge in [0.05, 0.1) is 27.4 Å². The summed E-state index contributed by atoms with van der Waals surface area (Å²) in [6.07, 6.45) is 3.02. The minimum Gasteiger partial charge on any atom is -0.496 e. The molecule has 0 bridgehead atoms. The lowest BCUT2D eigenvalue weighted by Crippen LogP contribution is -2.22. The molecule has 222 valence electrons. The number of benzene rings is 4. The molecule has 4 aromatic carbocycles. The molecule has 0 aromatic heterocycles. The van der Waals surface area contributed by atoms with Crippen molar-refractivity contribution in [2.24, 2.45) is 0 Å². The van der Waals surface area contributed by atoms with Gasteiger partial charge < -0.3 is 29.6 Å². The van der Waals surface area contributed by atoms with Crippen LogP contribution in [-0.2, 0) is 22.4 Å². The van der Waals surface area contributed by atoms with Gasteiger partial charge >= 0.3 is 0 Å². The second-order valence-electron chi connectivity index (χ2n) is 10.1. The standard InChI is InChI=1S/C34H40N2O6/c1-23(37)35-17-15-29-31-21-27(11-7-25(31)9-13-33(29)39-3)41-19-5-6-20-42-28-12-8-26-10-14-34(40-4)30(32(26)22-28)16-18-36-24(2)38/h7-14,21-22H,5-6,15-20H2,1-4H3,(H,35,37)(H,36,38). The maximum Gasteiger partial charge on any atom is 0.216 e. The molecule has 8 heteroatoms. The summed E-state index contributed by atoms with van der Waals surface area (Å²) in [7, 11) is 3.32. The van der Waals surface area contributed by atoms with Crippen molar-refractivity contribution in [3.63, 3.8) is 0 Å². The second-order valence-corrected chi connectivity index (χ2v) is 10.1. The number of amides is 2. The highest BCUT2D eigenvalue weighted by atomic mass is 16.5. The third kappa shape index (κ3) is 8.06. The average Bonchev–Trinajstić information content (AvgIpc) is 2.98. The summed E-state index contributed by atoms with van der Waals surface area (Å²) < 4.78 is 23.3. The van der Waals surface area contributed by atoms with Gasteiger partial charge in [-0.1, -0.05) is 24.3 Å². The fourth-order valence-electron chi connectivity index (χ4n) is 5.07. The van der Waals surface area contributed by atoms with Crippen LogP contribution in [0.3, 0.4) is 0 Å². The molecule has 2 amide bonds. The molecule has 0 saturated heterocycles. The predicted molar refractivity (Wildman–Crippen MR) is 166 cm³/mol. The van der Waals surface area contributed by atoms with Gasteiger partial charge in [0.15, 0.2) is 0 Å². The number of fused-ring (bicyclic) bond motifs is 2. The van der Waals surface area contributed by atoms with Crippen LogP contribution in [0.5, 0.6) is 23.0 Å². The first-order chi connectivity index (χ1) is 20.4. The SMILES string of the molecule is COc1ccc2ccc(OCCCCOc3ccc4ccc(OC)c(CCNC(C)=O)c4c3)cc2c1CCNC(C)=O. The highest BCUT2D eigenvalue weighted by Gasteiger charge is 2.12. The first-order valence-electron chi connectivity index (χ1n) is 14.3. The number of unbranched alkanes of at least 4 members (excludes halogenated alkanes) is 1. The van der Waals surface area contributed by atoms with Crippen LogP contribution in [0.2, 0.25) is 0 Å². The summed E-state index contributed by atoms with van der Waals surface area (Å²) in [6, 6.07) is 20.1. The minimum atomic E-state index is -0.0495. The van der Waals surface area contributed by atoms with Gasteiger partial charge in [-0.3, -0.25) is 9.59 Å². The predicted octanol–water partition coefficient (Wildman–Crippen LogP) is 5.61. The van der Waals surface area contributed by atoms with E-state index in [0.717, 1.165) is 68.5 Å². The smallest absolute Gasteiger partial charge is 0.216 e. The summed E-state index contributed by atoms with van der Waals surface area (Å²) in [5, 5.41) is 10.0. The molecule has 0 radical (unpaired) electrons. The van der Waals surface area contributed by atoms with Crippen LogP contribution in [0.1, 0.15) is 37.8 Å². The van der Waals surface area contributed by atoms with Crippen molar-refractivity contribution in [3.8, 4) is 23.0 Å². The lowest BCUT2D eigenvalue weighted by molar-refractivity contribution is -0.119. The highest BCUT2D eigenvalue weighted by molar-refractivity contribution is 5.90. The highest BCUT2D eigenvalue weighted by Crippen LogP contribution is 2.32. The lowest BCUT2D eigenvalue weighted by atomic mass is 10.0. The van der Waals surface area contributed by atoms with Crippen LogP contribution >= 0.6 is 0 Å². The molecular weight excluding hydrogens is 532 g/mol. The summed E-state index contributed by atoms with van der Waals surface area (Å²) in [5.74, 6) is 3.10. The number of methoxy groups -OCH3 is 2. The molecule has 0 spiro atoms. The third-order valence-corrected chi connectivity index (χ3v) is 7.14. The summed E-state index contributed by atoms with van der Waals surface area (Å²) >= 11 is 0. The molecule has 0 saturated carbocycles. The van der Waals surface area contributed by atoms with Crippen molar-refractivity contribution in [1.82, 2.24) is 10.6 Å². The van der Waals surface area contributed by atoms with Crippen molar-refractivity contribution in [2.45, 2.75) is 39.5 Å². The van der Waals surface area contributed by atoms with E-state index in [1.165, 1.54) is 13.8 Å². The molecule has 0 atom stereocenters. The van der Waals surface area contributed by atoms with E-state index in [1.807, 2.05) is 60.7 Å². The van der Waals surface area contributed by atoms with Crippen molar-refractivity contribution in [2.75, 3.05) is 40.5 Å². The van der Waals surface area contributed by atoms with Gasteiger partial charge in [-0.15, -0.1) is 0 Å². The molecule has 4 aromatic rings. The van der Waals surface area contributed by atoms with Crippen molar-refractivity contribution in [3.05, 3.63) is 71.8 Å². The number of carbonyl (C=O) groups excluding carboxylic acids is 2. The molecule has 2 N–H and O–H groups in total. The van der Waals surface area contributed by atoms with Crippen LogP contribution in [-0.4, -0.2) is 52.3 Å². The zero-order valence-corrected chi connectivity index (χ0v) is 24.9. The van der Waals surface area contributed by atoms with Crippen LogP contribution in [0.25, 0.3) is 21.5 Å². The Morgan fingerprint density at radius 2 is 1.02 bits per heavy atom. The van der Waals surface area contributed by atoms with Crippen molar-refractivity contribution >= 4 is 33.4 Å². The molecule has 0 fully saturated rings. The maximum absolute atomic E-state index is 11.3. The van der Waals surface area contributed by atoms with E-state index in [9.17, 15) is 9.59 Å². The van der Waals surface area contributed by atoms with Crippen LogP contribution in [0.4, 0.5) is 0 Å². The number of rotatable bonds is 15. The van der Waals surface area contributed by atoms with Gasteiger partial charge in [-0.2, -0.15) is 0 Å². The molecule has 42 heavy (non-hydrogen) atoms. The van der Waals surface area contributed by atoms with Crippen LogP contribution in [0.15, 0.2) is 60.7 Å². The van der Waals surface area contributed by atoms with Gasteiger partial charge in [0.25, 0.3) is 0 Å². The zero-order valence-electron chi connectivity index (χ0n) is 24.9. The van der Waals surface area contributed by atoms with E-state index in [4.69, 9.17) is 18.9 Å². The number of ether oxygens (including phenoxy) is 4. The number of hydrogen-bond donors (Lipinski definition) is 2. The first kappa shape index (κ1) is 30.5. The summed E-state index contributed by atoms with van der Waals surface area (Å²) in [5.41, 5.74) is 2.10. The van der Waals surface area contributed by atoms with Gasteiger partial charge in [-0.05, 0) is 83.6 Å². The summed E-state index contributed by atoms with van der Waals surface area (Å²) in [6.45, 7) is 5.26. The van der Waals surface area contributed by atoms with Crippen LogP contribution in [0, 0.1) is 0 Å². The number of nitrogens with one attached hydrogen (secondary N) is 2. The fourth-order valence-corrected chi connectivity index (χ4v) is 5.07. The zero-order chi connectivity index (χ0) is 29.9. The minimum absolute atomic E-state index is 0.0495. The number of hydrogen-bond acceptors (Lipinski definition) is 6. The van der Waals surface area contributed by atoms with Crippen molar-refractivity contribution in [1.29, 1.82) is 0 Å². The Morgan fingerprint density at radius 3 is 1.40 bits per heavy atom. The Kier molecular flexibility index (Phi) is 10.9.